The summed E-state index contributed by atoms with van der Waals surface area (Å²) in [4.78, 5) is 14.3. The SMILES string of the molecule is O=C(NCC1(CO)CC1)Nc1cccc(N2CCCCC2)c1. The minimum absolute atomic E-state index is 0.0625. The molecule has 1 saturated carbocycles. The van der Waals surface area contributed by atoms with Crippen molar-refractivity contribution >= 4 is 17.4 Å². The quantitative estimate of drug-likeness (QED) is 0.783. The standard InChI is InChI=1S/C17H25N3O2/c21-13-17(7-8-17)12-18-16(22)19-14-5-4-6-15(11-14)20-9-2-1-3-10-20/h4-6,11,21H,1-3,7-10,12-13H2,(H2,18,19,22). The van der Waals surface area contributed by atoms with Crippen molar-refractivity contribution in [3.8, 4) is 0 Å². The van der Waals surface area contributed by atoms with E-state index in [0.717, 1.165) is 31.6 Å². The number of carbonyl (C=O) groups excluding carboxylic acids is 1. The number of hydrogen-bond acceptors (Lipinski definition) is 3. The first-order valence-corrected chi connectivity index (χ1v) is 8.22. The zero-order valence-electron chi connectivity index (χ0n) is 13.0. The summed E-state index contributed by atoms with van der Waals surface area (Å²) in [5, 5.41) is 15.0. The van der Waals surface area contributed by atoms with Crippen LogP contribution in [-0.4, -0.2) is 37.4 Å². The van der Waals surface area contributed by atoms with E-state index in [1.807, 2.05) is 18.2 Å². The average molecular weight is 303 g/mol. The first-order chi connectivity index (χ1) is 10.7. The third-order valence-corrected chi connectivity index (χ3v) is 4.74. The molecule has 2 fully saturated rings. The zero-order valence-corrected chi connectivity index (χ0v) is 13.0. The molecular weight excluding hydrogens is 278 g/mol. The van der Waals surface area contributed by atoms with Crippen molar-refractivity contribution in [2.45, 2.75) is 32.1 Å². The van der Waals surface area contributed by atoms with Gasteiger partial charge in [0.1, 0.15) is 0 Å². The second-order valence-corrected chi connectivity index (χ2v) is 6.56. The van der Waals surface area contributed by atoms with Crippen molar-refractivity contribution in [3.63, 3.8) is 0 Å². The van der Waals surface area contributed by atoms with Gasteiger partial charge in [0.2, 0.25) is 0 Å². The summed E-state index contributed by atoms with van der Waals surface area (Å²) in [5.41, 5.74) is 1.92. The van der Waals surface area contributed by atoms with Crippen molar-refractivity contribution in [2.75, 3.05) is 36.5 Å². The summed E-state index contributed by atoms with van der Waals surface area (Å²) in [6.45, 7) is 2.88. The molecule has 1 aromatic rings. The van der Waals surface area contributed by atoms with Crippen LogP contribution in [0.4, 0.5) is 16.2 Å². The number of rotatable bonds is 5. The number of piperidine rings is 1. The summed E-state index contributed by atoms with van der Waals surface area (Å²) >= 11 is 0. The second-order valence-electron chi connectivity index (χ2n) is 6.56. The van der Waals surface area contributed by atoms with Crippen molar-refractivity contribution in [3.05, 3.63) is 24.3 Å². The minimum Gasteiger partial charge on any atom is -0.396 e. The molecule has 120 valence electrons. The molecule has 1 aliphatic heterocycles. The molecule has 1 heterocycles. The molecule has 1 aliphatic carbocycles. The fraction of sp³-hybridized carbons (Fsp3) is 0.588. The van der Waals surface area contributed by atoms with E-state index in [4.69, 9.17) is 0 Å². The molecule has 2 aliphatic rings. The zero-order chi connectivity index (χ0) is 15.4. The van der Waals surface area contributed by atoms with Crippen molar-refractivity contribution in [1.29, 1.82) is 0 Å². The number of nitrogens with zero attached hydrogens (tertiary/aromatic N) is 1. The van der Waals surface area contributed by atoms with Gasteiger partial charge in [-0.05, 0) is 50.3 Å². The summed E-state index contributed by atoms with van der Waals surface area (Å²) in [5.74, 6) is 0. The van der Waals surface area contributed by atoms with Crippen LogP contribution in [0, 0.1) is 5.41 Å². The maximum absolute atomic E-state index is 12.0. The highest BCUT2D eigenvalue weighted by Gasteiger charge is 2.42. The maximum atomic E-state index is 12.0. The Balaban J connectivity index is 1.54. The Hall–Kier alpha value is -1.75. The summed E-state index contributed by atoms with van der Waals surface area (Å²) in [6, 6.07) is 7.82. The van der Waals surface area contributed by atoms with E-state index in [1.165, 1.54) is 24.9 Å². The summed E-state index contributed by atoms with van der Waals surface area (Å²) in [6.07, 6.45) is 5.77. The summed E-state index contributed by atoms with van der Waals surface area (Å²) < 4.78 is 0. The van der Waals surface area contributed by atoms with Gasteiger partial charge in [0.25, 0.3) is 0 Å². The number of anilines is 2. The Morgan fingerprint density at radius 2 is 2.00 bits per heavy atom. The van der Waals surface area contributed by atoms with Gasteiger partial charge in [-0.25, -0.2) is 4.79 Å². The number of hydrogen-bond donors (Lipinski definition) is 3. The van der Waals surface area contributed by atoms with E-state index >= 15 is 0 Å². The fourth-order valence-electron chi connectivity index (χ4n) is 2.94. The Morgan fingerprint density at radius 1 is 1.23 bits per heavy atom. The molecule has 3 rings (SSSR count). The molecule has 22 heavy (non-hydrogen) atoms. The van der Waals surface area contributed by atoms with E-state index in [-0.39, 0.29) is 18.1 Å². The third kappa shape index (κ3) is 3.71. The largest absolute Gasteiger partial charge is 0.396 e. The van der Waals surface area contributed by atoms with Gasteiger partial charge < -0.3 is 20.6 Å². The summed E-state index contributed by atoms with van der Waals surface area (Å²) in [7, 11) is 0. The van der Waals surface area contributed by atoms with Crippen LogP contribution < -0.4 is 15.5 Å². The first-order valence-electron chi connectivity index (χ1n) is 8.22. The highest BCUT2D eigenvalue weighted by molar-refractivity contribution is 5.89. The number of urea groups is 1. The lowest BCUT2D eigenvalue weighted by atomic mass is 10.1. The van der Waals surface area contributed by atoms with Gasteiger partial charge in [-0.15, -0.1) is 0 Å². The highest BCUT2D eigenvalue weighted by Crippen LogP contribution is 2.44. The molecule has 1 saturated heterocycles. The van der Waals surface area contributed by atoms with Gasteiger partial charge in [-0.2, -0.15) is 0 Å². The number of aliphatic hydroxyl groups excluding tert-OH is 1. The molecule has 0 radical (unpaired) electrons. The lowest BCUT2D eigenvalue weighted by Gasteiger charge is -2.29. The van der Waals surface area contributed by atoms with Crippen LogP contribution >= 0.6 is 0 Å². The van der Waals surface area contributed by atoms with Gasteiger partial charge in [-0.3, -0.25) is 0 Å². The Kier molecular flexibility index (Phi) is 4.52. The molecule has 2 amide bonds. The molecule has 0 atom stereocenters. The molecule has 0 spiro atoms. The molecular formula is C17H25N3O2. The van der Waals surface area contributed by atoms with Crippen LogP contribution in [0.5, 0.6) is 0 Å². The Labute approximate surface area is 131 Å². The number of amides is 2. The van der Waals surface area contributed by atoms with Gasteiger partial charge >= 0.3 is 6.03 Å². The molecule has 5 heteroatoms. The third-order valence-electron chi connectivity index (χ3n) is 4.74. The van der Waals surface area contributed by atoms with Crippen LogP contribution in [0.1, 0.15) is 32.1 Å². The highest BCUT2D eigenvalue weighted by atomic mass is 16.3. The van der Waals surface area contributed by atoms with Crippen molar-refractivity contribution < 1.29 is 9.90 Å². The minimum atomic E-state index is -0.199. The van der Waals surface area contributed by atoms with E-state index < -0.39 is 0 Å². The molecule has 1 aromatic carbocycles. The topological polar surface area (TPSA) is 64.6 Å². The smallest absolute Gasteiger partial charge is 0.319 e. The molecule has 0 unspecified atom stereocenters. The predicted octanol–water partition coefficient (Wildman–Crippen LogP) is 2.57. The van der Waals surface area contributed by atoms with Gasteiger partial charge in [-0.1, -0.05) is 6.07 Å². The van der Waals surface area contributed by atoms with Crippen LogP contribution in [0.25, 0.3) is 0 Å². The Bertz CT molecular complexity index is 522. The van der Waals surface area contributed by atoms with Crippen LogP contribution in [0.3, 0.4) is 0 Å². The molecule has 5 nitrogen and oxygen atoms in total. The average Bonchev–Trinajstić information content (AvgIpc) is 3.35. The van der Waals surface area contributed by atoms with Crippen LogP contribution in [0.2, 0.25) is 0 Å². The van der Waals surface area contributed by atoms with Gasteiger partial charge in [0.05, 0.1) is 6.61 Å². The van der Waals surface area contributed by atoms with E-state index in [2.05, 4.69) is 21.6 Å². The second kappa shape index (κ2) is 6.57. The van der Waals surface area contributed by atoms with E-state index in [9.17, 15) is 9.90 Å². The molecule has 0 bridgehead atoms. The fourth-order valence-corrected chi connectivity index (χ4v) is 2.94. The normalized spacial score (nSPS) is 19.6. The van der Waals surface area contributed by atoms with Gasteiger partial charge in [0, 0.05) is 36.4 Å². The van der Waals surface area contributed by atoms with Crippen LogP contribution in [-0.2, 0) is 0 Å². The Morgan fingerprint density at radius 3 is 2.68 bits per heavy atom. The number of benzene rings is 1. The molecule has 3 N–H and O–H groups in total. The maximum Gasteiger partial charge on any atom is 0.319 e. The van der Waals surface area contributed by atoms with Crippen molar-refractivity contribution in [1.82, 2.24) is 5.32 Å². The first kappa shape index (κ1) is 15.2. The monoisotopic (exact) mass is 303 g/mol. The molecule has 0 aromatic heterocycles. The van der Waals surface area contributed by atoms with E-state index in [0.29, 0.717) is 6.54 Å². The number of carbonyl (C=O) groups is 1. The lowest BCUT2D eigenvalue weighted by molar-refractivity contribution is 0.206. The van der Waals surface area contributed by atoms with Crippen molar-refractivity contribution in [2.24, 2.45) is 5.41 Å². The lowest BCUT2D eigenvalue weighted by Crippen LogP contribution is -2.35. The predicted molar refractivity (Wildman–Crippen MR) is 88.3 cm³/mol. The number of aliphatic hydroxyl groups is 1. The van der Waals surface area contributed by atoms with Crippen LogP contribution in [0.15, 0.2) is 24.3 Å². The van der Waals surface area contributed by atoms with E-state index in [1.54, 1.807) is 0 Å². The number of nitrogens with one attached hydrogen (secondary N) is 2. The van der Waals surface area contributed by atoms with Gasteiger partial charge in [0.15, 0.2) is 0 Å².